The third-order valence-electron chi connectivity index (χ3n) is 2.35. The Labute approximate surface area is 82.1 Å². The normalized spacial score (nSPS) is 17.2. The number of hydrogen-bond donors (Lipinski definition) is 0. The van der Waals surface area contributed by atoms with E-state index in [2.05, 4.69) is 22.9 Å². The summed E-state index contributed by atoms with van der Waals surface area (Å²) in [7, 11) is 0. The Balaban J connectivity index is 2.00. The van der Waals surface area contributed by atoms with Gasteiger partial charge >= 0.3 is 0 Å². The summed E-state index contributed by atoms with van der Waals surface area (Å²) in [6.45, 7) is 0. The molecule has 2 rings (SSSR count). The van der Waals surface area contributed by atoms with Crippen molar-refractivity contribution in [3.63, 3.8) is 0 Å². The standard InChI is InChI=1S/C11H12OS/c12-11-3-1-9(2-4-11)7-10-5-6-13-8-10/h1,5-6,8H,2-4,7H2. The molecule has 0 unspecified atom stereocenters. The van der Waals surface area contributed by atoms with Crippen molar-refractivity contribution in [1.82, 2.24) is 0 Å². The second-order valence-electron chi connectivity index (χ2n) is 3.41. The molecule has 1 nitrogen and oxygen atoms in total. The summed E-state index contributed by atoms with van der Waals surface area (Å²) < 4.78 is 0. The quantitative estimate of drug-likeness (QED) is 0.658. The van der Waals surface area contributed by atoms with Crippen molar-refractivity contribution in [2.45, 2.75) is 25.7 Å². The largest absolute Gasteiger partial charge is 0.299 e. The summed E-state index contributed by atoms with van der Waals surface area (Å²) in [5.41, 5.74) is 2.81. The first kappa shape index (κ1) is 8.70. The Hall–Kier alpha value is -0.890. The summed E-state index contributed by atoms with van der Waals surface area (Å²) in [6, 6.07) is 2.15. The highest BCUT2D eigenvalue weighted by Gasteiger charge is 2.10. The van der Waals surface area contributed by atoms with Crippen LogP contribution in [0.2, 0.25) is 0 Å². The molecule has 0 saturated carbocycles. The van der Waals surface area contributed by atoms with Crippen molar-refractivity contribution >= 4 is 17.1 Å². The van der Waals surface area contributed by atoms with Crippen LogP contribution in [-0.4, -0.2) is 5.78 Å². The molecular weight excluding hydrogens is 180 g/mol. The molecule has 2 heteroatoms. The average molecular weight is 192 g/mol. The van der Waals surface area contributed by atoms with Gasteiger partial charge in [0, 0.05) is 12.8 Å². The maximum atomic E-state index is 11.0. The summed E-state index contributed by atoms with van der Waals surface area (Å²) in [5, 5.41) is 4.28. The van der Waals surface area contributed by atoms with Crippen molar-refractivity contribution in [1.29, 1.82) is 0 Å². The number of rotatable bonds is 2. The smallest absolute Gasteiger partial charge is 0.136 e. The van der Waals surface area contributed by atoms with Crippen molar-refractivity contribution in [3.8, 4) is 0 Å². The topological polar surface area (TPSA) is 17.1 Å². The molecule has 1 aromatic rings. The Bertz CT molecular complexity index is 322. The number of carbonyl (C=O) groups is 1. The number of carbonyl (C=O) groups excluding carboxylic acids is 1. The molecular formula is C11H12OS. The van der Waals surface area contributed by atoms with Crippen LogP contribution < -0.4 is 0 Å². The van der Waals surface area contributed by atoms with E-state index >= 15 is 0 Å². The molecule has 0 bridgehead atoms. The van der Waals surface area contributed by atoms with Crippen LogP contribution in [0.1, 0.15) is 24.8 Å². The van der Waals surface area contributed by atoms with Crippen LogP contribution in [0.15, 0.2) is 28.5 Å². The highest BCUT2D eigenvalue weighted by atomic mass is 32.1. The maximum absolute atomic E-state index is 11.0. The highest BCUT2D eigenvalue weighted by Crippen LogP contribution is 2.20. The average Bonchev–Trinajstić information content (AvgIpc) is 2.62. The van der Waals surface area contributed by atoms with E-state index in [0.29, 0.717) is 12.2 Å². The summed E-state index contributed by atoms with van der Waals surface area (Å²) in [5.74, 6) is 0.383. The van der Waals surface area contributed by atoms with Gasteiger partial charge < -0.3 is 0 Å². The van der Waals surface area contributed by atoms with Gasteiger partial charge in [0.2, 0.25) is 0 Å². The van der Waals surface area contributed by atoms with E-state index in [9.17, 15) is 4.79 Å². The van der Waals surface area contributed by atoms with E-state index < -0.39 is 0 Å². The Morgan fingerprint density at radius 1 is 1.38 bits per heavy atom. The number of Topliss-reactive ketones (excluding diaryl/α,β-unsaturated/α-hetero) is 1. The molecule has 1 aliphatic rings. The minimum absolute atomic E-state index is 0.383. The van der Waals surface area contributed by atoms with E-state index in [1.807, 2.05) is 0 Å². The molecule has 1 heterocycles. The van der Waals surface area contributed by atoms with Crippen LogP contribution in [0.5, 0.6) is 0 Å². The first-order valence-corrected chi connectivity index (χ1v) is 5.49. The van der Waals surface area contributed by atoms with E-state index in [1.54, 1.807) is 11.3 Å². The molecule has 0 atom stereocenters. The van der Waals surface area contributed by atoms with Crippen molar-refractivity contribution in [3.05, 3.63) is 34.0 Å². The summed E-state index contributed by atoms with van der Waals surface area (Å²) >= 11 is 1.73. The SMILES string of the molecule is O=C1CC=C(Cc2ccsc2)CC1. The highest BCUT2D eigenvalue weighted by molar-refractivity contribution is 7.07. The third-order valence-corrected chi connectivity index (χ3v) is 3.09. The van der Waals surface area contributed by atoms with Crippen LogP contribution in [0.4, 0.5) is 0 Å². The molecule has 0 amide bonds. The predicted molar refractivity (Wildman–Crippen MR) is 55.0 cm³/mol. The summed E-state index contributed by atoms with van der Waals surface area (Å²) in [4.78, 5) is 11.0. The Kier molecular flexibility index (Phi) is 2.60. The second kappa shape index (κ2) is 3.88. The predicted octanol–water partition coefficient (Wildman–Crippen LogP) is 2.97. The van der Waals surface area contributed by atoms with E-state index in [0.717, 1.165) is 19.3 Å². The lowest BCUT2D eigenvalue weighted by atomic mass is 9.94. The molecule has 0 aromatic carbocycles. The van der Waals surface area contributed by atoms with Gasteiger partial charge in [-0.2, -0.15) is 11.3 Å². The number of allylic oxidation sites excluding steroid dienone is 2. The van der Waals surface area contributed by atoms with Crippen LogP contribution in [-0.2, 0) is 11.2 Å². The minimum Gasteiger partial charge on any atom is -0.299 e. The fourth-order valence-electron chi connectivity index (χ4n) is 1.58. The first-order valence-electron chi connectivity index (χ1n) is 4.55. The zero-order valence-electron chi connectivity index (χ0n) is 7.45. The molecule has 1 aromatic heterocycles. The van der Waals surface area contributed by atoms with Crippen LogP contribution in [0.3, 0.4) is 0 Å². The van der Waals surface area contributed by atoms with Crippen LogP contribution >= 0.6 is 11.3 Å². The van der Waals surface area contributed by atoms with Gasteiger partial charge in [0.25, 0.3) is 0 Å². The van der Waals surface area contributed by atoms with Crippen molar-refractivity contribution in [2.75, 3.05) is 0 Å². The number of thiophene rings is 1. The Morgan fingerprint density at radius 2 is 2.31 bits per heavy atom. The molecule has 0 radical (unpaired) electrons. The van der Waals surface area contributed by atoms with Gasteiger partial charge in [-0.3, -0.25) is 4.79 Å². The zero-order valence-corrected chi connectivity index (χ0v) is 8.27. The molecule has 0 spiro atoms. The fourth-order valence-corrected chi connectivity index (χ4v) is 2.25. The van der Waals surface area contributed by atoms with Gasteiger partial charge in [-0.25, -0.2) is 0 Å². The molecule has 0 aliphatic heterocycles. The van der Waals surface area contributed by atoms with E-state index in [4.69, 9.17) is 0 Å². The fraction of sp³-hybridized carbons (Fsp3) is 0.364. The Morgan fingerprint density at radius 3 is 2.92 bits per heavy atom. The maximum Gasteiger partial charge on any atom is 0.136 e. The lowest BCUT2D eigenvalue weighted by Gasteiger charge is -2.10. The molecule has 0 N–H and O–H groups in total. The van der Waals surface area contributed by atoms with Gasteiger partial charge in [-0.1, -0.05) is 11.6 Å². The summed E-state index contributed by atoms with van der Waals surface area (Å²) in [6.07, 6.45) is 5.50. The molecule has 0 fully saturated rings. The number of ketones is 1. The van der Waals surface area contributed by atoms with Crippen molar-refractivity contribution in [2.24, 2.45) is 0 Å². The van der Waals surface area contributed by atoms with Crippen LogP contribution in [0.25, 0.3) is 0 Å². The van der Waals surface area contributed by atoms with Crippen molar-refractivity contribution < 1.29 is 4.79 Å². The third kappa shape index (κ3) is 2.28. The first-order chi connectivity index (χ1) is 6.34. The molecule has 68 valence electrons. The lowest BCUT2D eigenvalue weighted by Crippen LogP contribution is -2.04. The van der Waals surface area contributed by atoms with Crippen LogP contribution in [0, 0.1) is 0 Å². The zero-order chi connectivity index (χ0) is 9.10. The minimum atomic E-state index is 0.383. The van der Waals surface area contributed by atoms with E-state index in [1.165, 1.54) is 11.1 Å². The van der Waals surface area contributed by atoms with E-state index in [-0.39, 0.29) is 0 Å². The van der Waals surface area contributed by atoms with Gasteiger partial charge in [0.15, 0.2) is 0 Å². The lowest BCUT2D eigenvalue weighted by molar-refractivity contribution is -0.118. The second-order valence-corrected chi connectivity index (χ2v) is 4.19. The molecule has 1 aliphatic carbocycles. The van der Waals surface area contributed by atoms with Gasteiger partial charge in [-0.05, 0) is 35.2 Å². The number of hydrogen-bond acceptors (Lipinski definition) is 2. The van der Waals surface area contributed by atoms with Gasteiger partial charge in [-0.15, -0.1) is 0 Å². The van der Waals surface area contributed by atoms with Gasteiger partial charge in [0.1, 0.15) is 5.78 Å². The molecule has 0 saturated heterocycles. The van der Waals surface area contributed by atoms with Gasteiger partial charge in [0.05, 0.1) is 0 Å². The monoisotopic (exact) mass is 192 g/mol. The molecule has 13 heavy (non-hydrogen) atoms.